The van der Waals surface area contributed by atoms with Crippen LogP contribution in [0, 0.1) is 10.1 Å². The first-order valence-corrected chi connectivity index (χ1v) is 9.06. The molecule has 1 unspecified atom stereocenters. The third-order valence-corrected chi connectivity index (χ3v) is 4.62. The number of rotatable bonds is 6. The van der Waals surface area contributed by atoms with Gasteiger partial charge in [0.1, 0.15) is 5.69 Å². The van der Waals surface area contributed by atoms with E-state index in [0.29, 0.717) is 11.3 Å². The number of esters is 1. The fourth-order valence-electron chi connectivity index (χ4n) is 3.37. The van der Waals surface area contributed by atoms with Crippen LogP contribution in [0.1, 0.15) is 42.5 Å². The first kappa shape index (κ1) is 18.6. The summed E-state index contributed by atoms with van der Waals surface area (Å²) in [4.78, 5) is 22.6. The average Bonchev–Trinajstić information content (AvgIpc) is 2.67. The maximum atomic E-state index is 11.6. The van der Waals surface area contributed by atoms with Crippen LogP contribution in [0.3, 0.4) is 0 Å². The molecule has 0 fully saturated rings. The second-order valence-electron chi connectivity index (χ2n) is 6.41. The predicted octanol–water partition coefficient (Wildman–Crippen LogP) is 4.66. The summed E-state index contributed by atoms with van der Waals surface area (Å²) >= 11 is 0. The van der Waals surface area contributed by atoms with Gasteiger partial charge in [-0.15, -0.1) is 0 Å². The number of benzene rings is 2. The molecule has 2 aromatic carbocycles. The van der Waals surface area contributed by atoms with Gasteiger partial charge < -0.3 is 10.1 Å². The van der Waals surface area contributed by atoms with E-state index in [1.54, 1.807) is 19.1 Å². The molecule has 1 atom stereocenters. The quantitative estimate of drug-likeness (QED) is 0.348. The average molecular weight is 366 g/mol. The van der Waals surface area contributed by atoms with Crippen molar-refractivity contribution in [2.24, 2.45) is 0 Å². The van der Waals surface area contributed by atoms with E-state index in [2.05, 4.69) is 17.4 Å². The molecule has 0 aromatic heterocycles. The maximum absolute atomic E-state index is 11.6. The molecule has 27 heavy (non-hydrogen) atoms. The largest absolute Gasteiger partial charge is 0.463 e. The Balaban J connectivity index is 1.84. The van der Waals surface area contributed by atoms with Gasteiger partial charge in [0.25, 0.3) is 5.69 Å². The Morgan fingerprint density at radius 1 is 1.33 bits per heavy atom. The van der Waals surface area contributed by atoms with E-state index in [4.69, 9.17) is 4.74 Å². The summed E-state index contributed by atoms with van der Waals surface area (Å²) in [6.45, 7) is 2.01. The summed E-state index contributed by atoms with van der Waals surface area (Å²) in [6, 6.07) is 13.2. The lowest BCUT2D eigenvalue weighted by atomic mass is 9.87. The highest BCUT2D eigenvalue weighted by Crippen LogP contribution is 2.35. The molecule has 6 nitrogen and oxygen atoms in total. The summed E-state index contributed by atoms with van der Waals surface area (Å²) in [7, 11) is 0. The fraction of sp³-hybridized carbons (Fsp3) is 0.286. The number of carbonyl (C=O) groups is 1. The second kappa shape index (κ2) is 8.49. The number of nitro groups is 1. The normalized spacial score (nSPS) is 16.0. The van der Waals surface area contributed by atoms with Crippen molar-refractivity contribution in [2.75, 3.05) is 11.9 Å². The number of anilines is 1. The molecule has 0 saturated carbocycles. The topological polar surface area (TPSA) is 81.5 Å². The summed E-state index contributed by atoms with van der Waals surface area (Å²) in [5, 5.41) is 14.9. The van der Waals surface area contributed by atoms with Gasteiger partial charge in [-0.25, -0.2) is 4.79 Å². The minimum absolute atomic E-state index is 0.0101. The number of nitrogens with one attached hydrogen (secondary N) is 1. The van der Waals surface area contributed by atoms with Gasteiger partial charge in [-0.3, -0.25) is 10.1 Å². The minimum Gasteiger partial charge on any atom is -0.463 e. The van der Waals surface area contributed by atoms with Crippen LogP contribution in [0.25, 0.3) is 6.08 Å². The van der Waals surface area contributed by atoms with Gasteiger partial charge in [0.15, 0.2) is 0 Å². The Hall–Kier alpha value is -3.15. The number of nitro benzene ring substituents is 1. The van der Waals surface area contributed by atoms with E-state index in [1.165, 1.54) is 29.3 Å². The lowest BCUT2D eigenvalue weighted by Crippen LogP contribution is -2.17. The number of ether oxygens (including phenoxy) is 1. The molecule has 0 aliphatic heterocycles. The first-order valence-electron chi connectivity index (χ1n) is 9.06. The van der Waals surface area contributed by atoms with E-state index in [9.17, 15) is 14.9 Å². The number of fused-ring (bicyclic) bond motifs is 1. The number of aryl methyl sites for hydroxylation is 1. The smallest absolute Gasteiger partial charge is 0.330 e. The zero-order chi connectivity index (χ0) is 19.2. The minimum atomic E-state index is -0.471. The van der Waals surface area contributed by atoms with E-state index in [-0.39, 0.29) is 18.3 Å². The van der Waals surface area contributed by atoms with Gasteiger partial charge in [-0.1, -0.05) is 30.3 Å². The molecular weight excluding hydrogens is 344 g/mol. The van der Waals surface area contributed by atoms with Crippen LogP contribution in [-0.4, -0.2) is 17.5 Å². The highest BCUT2D eigenvalue weighted by atomic mass is 16.6. The third-order valence-electron chi connectivity index (χ3n) is 4.62. The van der Waals surface area contributed by atoms with Crippen LogP contribution in [0.4, 0.5) is 11.4 Å². The van der Waals surface area contributed by atoms with Crippen LogP contribution >= 0.6 is 0 Å². The monoisotopic (exact) mass is 366 g/mol. The molecule has 0 saturated heterocycles. The maximum Gasteiger partial charge on any atom is 0.330 e. The van der Waals surface area contributed by atoms with Crippen molar-refractivity contribution < 1.29 is 14.5 Å². The molecule has 1 aliphatic rings. The van der Waals surface area contributed by atoms with Crippen molar-refractivity contribution in [3.63, 3.8) is 0 Å². The van der Waals surface area contributed by atoms with Gasteiger partial charge in [0.2, 0.25) is 0 Å². The number of carbonyl (C=O) groups excluding carboxylic acids is 1. The van der Waals surface area contributed by atoms with E-state index >= 15 is 0 Å². The third kappa shape index (κ3) is 4.53. The van der Waals surface area contributed by atoms with Crippen molar-refractivity contribution in [1.29, 1.82) is 0 Å². The van der Waals surface area contributed by atoms with Crippen molar-refractivity contribution in [3.05, 3.63) is 75.3 Å². The highest BCUT2D eigenvalue weighted by molar-refractivity contribution is 5.87. The van der Waals surface area contributed by atoms with Gasteiger partial charge in [-0.2, -0.15) is 0 Å². The van der Waals surface area contributed by atoms with Gasteiger partial charge in [0.05, 0.1) is 17.6 Å². The SMILES string of the molecule is CCOC(=O)/C=C/c1ccc(NC2CCCc3ccccc32)c([N+](=O)[O-])c1. The fourth-order valence-corrected chi connectivity index (χ4v) is 3.37. The Labute approximate surface area is 158 Å². The number of hydrogen-bond acceptors (Lipinski definition) is 5. The zero-order valence-electron chi connectivity index (χ0n) is 15.2. The van der Waals surface area contributed by atoms with Crippen LogP contribution in [0.5, 0.6) is 0 Å². The van der Waals surface area contributed by atoms with Crippen LogP contribution in [-0.2, 0) is 16.0 Å². The highest BCUT2D eigenvalue weighted by Gasteiger charge is 2.23. The van der Waals surface area contributed by atoms with Crippen LogP contribution in [0.2, 0.25) is 0 Å². The zero-order valence-corrected chi connectivity index (χ0v) is 15.2. The summed E-state index contributed by atoms with van der Waals surface area (Å²) in [5.41, 5.74) is 3.53. The van der Waals surface area contributed by atoms with Gasteiger partial charge in [-0.05, 0) is 55.0 Å². The Kier molecular flexibility index (Phi) is 5.86. The summed E-state index contributed by atoms with van der Waals surface area (Å²) in [5.74, 6) is -0.471. The molecule has 0 radical (unpaired) electrons. The molecule has 1 N–H and O–H groups in total. The first-order chi connectivity index (χ1) is 13.1. The van der Waals surface area contributed by atoms with E-state index in [0.717, 1.165) is 19.3 Å². The molecule has 6 heteroatoms. The summed E-state index contributed by atoms with van der Waals surface area (Å²) < 4.78 is 4.83. The second-order valence-corrected chi connectivity index (χ2v) is 6.41. The van der Waals surface area contributed by atoms with Gasteiger partial charge in [0, 0.05) is 12.1 Å². The Bertz CT molecular complexity index is 876. The van der Waals surface area contributed by atoms with E-state index in [1.807, 2.05) is 12.1 Å². The summed E-state index contributed by atoms with van der Waals surface area (Å²) in [6.07, 6.45) is 5.80. The van der Waals surface area contributed by atoms with Gasteiger partial charge >= 0.3 is 5.97 Å². The van der Waals surface area contributed by atoms with Crippen LogP contribution < -0.4 is 5.32 Å². The molecule has 0 amide bonds. The van der Waals surface area contributed by atoms with Crippen molar-refractivity contribution in [1.82, 2.24) is 0 Å². The number of nitrogens with zero attached hydrogens (tertiary/aromatic N) is 1. The molecule has 1 aliphatic carbocycles. The van der Waals surface area contributed by atoms with Crippen molar-refractivity contribution in [3.8, 4) is 0 Å². The molecule has 3 rings (SSSR count). The molecule has 0 bridgehead atoms. The predicted molar refractivity (Wildman–Crippen MR) is 105 cm³/mol. The molecule has 140 valence electrons. The van der Waals surface area contributed by atoms with Crippen molar-refractivity contribution in [2.45, 2.75) is 32.2 Å². The lowest BCUT2D eigenvalue weighted by molar-refractivity contribution is -0.384. The molecule has 2 aromatic rings. The molecular formula is C21H22N2O4. The lowest BCUT2D eigenvalue weighted by Gasteiger charge is -2.27. The Morgan fingerprint density at radius 2 is 2.15 bits per heavy atom. The number of hydrogen-bond donors (Lipinski definition) is 1. The Morgan fingerprint density at radius 3 is 2.93 bits per heavy atom. The van der Waals surface area contributed by atoms with Crippen molar-refractivity contribution >= 4 is 23.4 Å². The van der Waals surface area contributed by atoms with Crippen LogP contribution in [0.15, 0.2) is 48.5 Å². The molecule has 0 heterocycles. The standard InChI is InChI=1S/C21H22N2O4/c1-2-27-21(24)13-11-15-10-12-19(20(14-15)23(25)26)22-18-9-5-7-16-6-3-4-8-17(16)18/h3-4,6,8,10-14,18,22H,2,5,7,9H2,1H3/b13-11+. The molecule has 0 spiro atoms. The van der Waals surface area contributed by atoms with E-state index < -0.39 is 10.9 Å².